The van der Waals surface area contributed by atoms with Gasteiger partial charge in [0.25, 0.3) is 0 Å². The summed E-state index contributed by atoms with van der Waals surface area (Å²) in [6, 6.07) is 1.18. The van der Waals surface area contributed by atoms with Crippen LogP contribution in [0.25, 0.3) is 0 Å². The molecule has 0 N–H and O–H groups in total. The second kappa shape index (κ2) is 6.15. The molecule has 0 aliphatic rings. The summed E-state index contributed by atoms with van der Waals surface area (Å²) >= 11 is 16.4. The van der Waals surface area contributed by atoms with Crippen LogP contribution in [0.5, 0.6) is 0 Å². The van der Waals surface area contributed by atoms with Crippen LogP contribution in [0.3, 0.4) is 0 Å². The average molecular weight is 329 g/mol. The first kappa shape index (κ1) is 16.3. The Bertz CT molecular complexity index is 506. The van der Waals surface area contributed by atoms with Crippen molar-refractivity contribution >= 4 is 46.0 Å². The van der Waals surface area contributed by atoms with Crippen molar-refractivity contribution in [2.45, 2.75) is 26.1 Å². The molecular weight excluding hydrogens is 320 g/mol. The van der Waals surface area contributed by atoms with E-state index in [1.165, 1.54) is 0 Å². The molecule has 0 heterocycles. The molecule has 0 fully saturated rings. The highest BCUT2D eigenvalue weighted by Gasteiger charge is 2.32. The van der Waals surface area contributed by atoms with E-state index in [2.05, 4.69) is 10.2 Å². The summed E-state index contributed by atoms with van der Waals surface area (Å²) in [5, 5.41) is 7.18. The number of hydrogen-bond donors (Lipinski definition) is 0. The summed E-state index contributed by atoms with van der Waals surface area (Å²) in [5.41, 5.74) is -0.931. The number of benzene rings is 1. The van der Waals surface area contributed by atoms with Gasteiger partial charge < -0.3 is 0 Å². The van der Waals surface area contributed by atoms with E-state index in [0.29, 0.717) is 4.86 Å². The van der Waals surface area contributed by atoms with E-state index < -0.39 is 11.7 Å². The Morgan fingerprint density at radius 3 is 2.11 bits per heavy atom. The second-order valence-corrected chi connectivity index (χ2v) is 5.25. The maximum atomic E-state index is 12.5. The van der Waals surface area contributed by atoms with Crippen molar-refractivity contribution in [3.05, 3.63) is 27.7 Å². The van der Waals surface area contributed by atoms with E-state index >= 15 is 0 Å². The third-order valence-electron chi connectivity index (χ3n) is 2.26. The zero-order valence-electron chi connectivity index (χ0n) is 9.92. The molecular formula is C11H9Cl2F3N2S. The van der Waals surface area contributed by atoms with E-state index in [9.17, 15) is 13.2 Å². The monoisotopic (exact) mass is 328 g/mol. The maximum Gasteiger partial charge on any atom is 0.416 e. The summed E-state index contributed by atoms with van der Waals surface area (Å²) < 4.78 is 37.5. The standard InChI is InChI=1S/C11H9Cl2F3N2S/c1-5(6(2)19)17-18-10-8(12)3-7(4-9(10)13)11(14,15)16/h3-5H,1-2H3. The van der Waals surface area contributed by atoms with Crippen molar-refractivity contribution in [3.8, 4) is 0 Å². The molecule has 0 saturated heterocycles. The third kappa shape index (κ3) is 4.40. The highest BCUT2D eigenvalue weighted by atomic mass is 35.5. The summed E-state index contributed by atoms with van der Waals surface area (Å²) in [5.74, 6) is 0. The molecule has 2 nitrogen and oxygen atoms in total. The molecule has 0 aliphatic heterocycles. The molecule has 0 aromatic heterocycles. The van der Waals surface area contributed by atoms with E-state index in [-0.39, 0.29) is 21.8 Å². The lowest BCUT2D eigenvalue weighted by molar-refractivity contribution is -0.137. The normalized spacial score (nSPS) is 13.8. The average Bonchev–Trinajstić information content (AvgIpc) is 2.25. The fourth-order valence-corrected chi connectivity index (χ4v) is 1.66. The van der Waals surface area contributed by atoms with Gasteiger partial charge in [-0.25, -0.2) is 0 Å². The minimum Gasteiger partial charge on any atom is -0.180 e. The Kier molecular flexibility index (Phi) is 5.29. The van der Waals surface area contributed by atoms with Crippen molar-refractivity contribution in [2.24, 2.45) is 10.2 Å². The first-order valence-electron chi connectivity index (χ1n) is 5.10. The lowest BCUT2D eigenvalue weighted by atomic mass is 10.2. The molecule has 0 amide bonds. The van der Waals surface area contributed by atoms with Crippen LogP contribution in [0.2, 0.25) is 10.0 Å². The van der Waals surface area contributed by atoms with Gasteiger partial charge in [0.05, 0.1) is 21.7 Å². The molecule has 0 aliphatic carbocycles. The van der Waals surface area contributed by atoms with Gasteiger partial charge in [-0.05, 0) is 26.0 Å². The molecule has 0 saturated carbocycles. The van der Waals surface area contributed by atoms with Crippen molar-refractivity contribution in [3.63, 3.8) is 0 Å². The molecule has 19 heavy (non-hydrogen) atoms. The molecule has 1 atom stereocenters. The first-order chi connectivity index (χ1) is 8.62. The van der Waals surface area contributed by atoms with Crippen LogP contribution in [0.1, 0.15) is 19.4 Å². The molecule has 1 rings (SSSR count). The van der Waals surface area contributed by atoms with Gasteiger partial charge in [0.2, 0.25) is 0 Å². The Morgan fingerprint density at radius 2 is 1.74 bits per heavy atom. The summed E-state index contributed by atoms with van der Waals surface area (Å²) in [6.45, 7) is 3.40. The fraction of sp³-hybridized carbons (Fsp3) is 0.364. The maximum absolute atomic E-state index is 12.5. The van der Waals surface area contributed by atoms with Crippen molar-refractivity contribution in [2.75, 3.05) is 0 Å². The molecule has 8 heteroatoms. The predicted molar refractivity (Wildman–Crippen MR) is 73.7 cm³/mol. The molecule has 0 spiro atoms. The van der Waals surface area contributed by atoms with Crippen LogP contribution in [0, 0.1) is 0 Å². The van der Waals surface area contributed by atoms with Crippen molar-refractivity contribution < 1.29 is 13.2 Å². The lowest BCUT2D eigenvalue weighted by Crippen LogP contribution is -2.06. The Labute approximate surface area is 123 Å². The van der Waals surface area contributed by atoms with E-state index in [4.69, 9.17) is 35.4 Å². The van der Waals surface area contributed by atoms with Crippen LogP contribution in [-0.4, -0.2) is 10.9 Å². The second-order valence-electron chi connectivity index (χ2n) is 3.79. The van der Waals surface area contributed by atoms with Gasteiger partial charge in [0, 0.05) is 4.86 Å². The van der Waals surface area contributed by atoms with E-state index in [1.807, 2.05) is 0 Å². The predicted octanol–water partition coefficient (Wildman–Crippen LogP) is 5.87. The summed E-state index contributed by atoms with van der Waals surface area (Å²) in [4.78, 5) is 0.600. The Balaban J connectivity index is 3.15. The Morgan fingerprint density at radius 1 is 1.26 bits per heavy atom. The van der Waals surface area contributed by atoms with Gasteiger partial charge >= 0.3 is 6.18 Å². The largest absolute Gasteiger partial charge is 0.416 e. The number of hydrogen-bond acceptors (Lipinski definition) is 3. The zero-order valence-corrected chi connectivity index (χ0v) is 12.3. The van der Waals surface area contributed by atoms with E-state index in [1.54, 1.807) is 13.8 Å². The van der Waals surface area contributed by atoms with Gasteiger partial charge in [-0.1, -0.05) is 35.4 Å². The van der Waals surface area contributed by atoms with Crippen molar-refractivity contribution in [1.82, 2.24) is 0 Å². The third-order valence-corrected chi connectivity index (χ3v) is 3.18. The van der Waals surface area contributed by atoms with Gasteiger partial charge in [-0.15, -0.1) is 0 Å². The van der Waals surface area contributed by atoms with Gasteiger partial charge in [0.15, 0.2) is 0 Å². The lowest BCUT2D eigenvalue weighted by Gasteiger charge is -2.09. The van der Waals surface area contributed by atoms with Gasteiger partial charge in [-0.3, -0.25) is 0 Å². The molecule has 1 unspecified atom stereocenters. The summed E-state index contributed by atoms with van der Waals surface area (Å²) in [6.07, 6.45) is -4.51. The Hall–Kier alpha value is -0.720. The molecule has 0 radical (unpaired) electrons. The van der Waals surface area contributed by atoms with Crippen LogP contribution in [0.4, 0.5) is 18.9 Å². The van der Waals surface area contributed by atoms with Crippen LogP contribution in [0.15, 0.2) is 22.4 Å². The number of azo groups is 1. The number of alkyl halides is 3. The van der Waals surface area contributed by atoms with Crippen LogP contribution >= 0.6 is 35.4 Å². The quantitative estimate of drug-likeness (QED) is 0.502. The molecule has 1 aromatic carbocycles. The zero-order chi connectivity index (χ0) is 14.8. The number of halogens is 5. The summed E-state index contributed by atoms with van der Waals surface area (Å²) in [7, 11) is 0. The van der Waals surface area contributed by atoms with E-state index in [0.717, 1.165) is 12.1 Å². The van der Waals surface area contributed by atoms with Crippen LogP contribution in [-0.2, 0) is 6.18 Å². The number of rotatable bonds is 3. The smallest absolute Gasteiger partial charge is 0.180 e. The molecule has 1 aromatic rings. The highest BCUT2D eigenvalue weighted by molar-refractivity contribution is 7.80. The first-order valence-corrected chi connectivity index (χ1v) is 6.27. The fourth-order valence-electron chi connectivity index (χ4n) is 1.05. The van der Waals surface area contributed by atoms with Gasteiger partial charge in [-0.2, -0.15) is 23.4 Å². The highest BCUT2D eigenvalue weighted by Crippen LogP contribution is 2.40. The van der Waals surface area contributed by atoms with Crippen LogP contribution < -0.4 is 0 Å². The molecule has 0 bridgehead atoms. The topological polar surface area (TPSA) is 24.7 Å². The van der Waals surface area contributed by atoms with Crippen molar-refractivity contribution in [1.29, 1.82) is 0 Å². The minimum absolute atomic E-state index is 0.000525. The van der Waals surface area contributed by atoms with Gasteiger partial charge in [0.1, 0.15) is 5.69 Å². The number of nitrogens with zero attached hydrogens (tertiary/aromatic N) is 2. The minimum atomic E-state index is -4.51. The molecule has 104 valence electrons. The SMILES string of the molecule is CC(=S)C(C)N=Nc1c(Cl)cc(C(F)(F)F)cc1Cl. The number of thiocarbonyl (C=S) groups is 1.